The van der Waals surface area contributed by atoms with Crippen LogP contribution in [0.15, 0.2) is 29.0 Å². The van der Waals surface area contributed by atoms with E-state index in [2.05, 4.69) is 0 Å². The van der Waals surface area contributed by atoms with Crippen LogP contribution in [-0.2, 0) is 0 Å². The van der Waals surface area contributed by atoms with E-state index in [9.17, 15) is 15.0 Å². The topological polar surface area (TPSA) is 66.8 Å². The molecule has 18 heavy (non-hydrogen) atoms. The monoisotopic (exact) mass is 262 g/mol. The van der Waals surface area contributed by atoms with Gasteiger partial charge >= 0.3 is 0 Å². The summed E-state index contributed by atoms with van der Waals surface area (Å²) in [5, 5.41) is 22.7. The number of phenolic OH excluding ortho intramolecular Hbond substituents is 2. The van der Waals surface area contributed by atoms with Crippen molar-refractivity contribution < 1.29 is 19.7 Å². The van der Waals surface area contributed by atoms with Crippen molar-refractivity contribution in [3.63, 3.8) is 0 Å². The summed E-state index contributed by atoms with van der Waals surface area (Å²) in [5.41, 5.74) is 1.27. The van der Waals surface area contributed by atoms with Crippen molar-refractivity contribution in [2.24, 2.45) is 0 Å². The van der Waals surface area contributed by atoms with Gasteiger partial charge in [0.15, 0.2) is 17.3 Å². The molecule has 1 aromatic carbocycles. The lowest BCUT2D eigenvalue weighted by Crippen LogP contribution is -2.19. The Morgan fingerprint density at radius 1 is 1.28 bits per heavy atom. The number of carbonyl (C=O) groups excluding carboxylic acids is 1. The minimum Gasteiger partial charge on any atom is -0.504 e. The van der Waals surface area contributed by atoms with Gasteiger partial charge in [-0.2, -0.15) is 11.3 Å². The largest absolute Gasteiger partial charge is 0.504 e. The fourth-order valence-corrected chi connectivity index (χ4v) is 2.69. The highest BCUT2D eigenvalue weighted by Crippen LogP contribution is 2.40. The number of thiophene rings is 1. The normalized spacial score (nSPS) is 18.2. The number of aromatic hydroxyl groups is 2. The minimum atomic E-state index is -0.319. The molecule has 2 heterocycles. The van der Waals surface area contributed by atoms with E-state index < -0.39 is 0 Å². The predicted octanol–water partition coefficient (Wildman–Crippen LogP) is 2.87. The molecule has 0 aliphatic carbocycles. The Labute approximate surface area is 107 Å². The molecule has 3 rings (SSSR count). The standard InChI is InChI=1S/C13H10O4S/c14-9-4-12(7-1-2-18-6-7)17-13-5-11(16)10(15)3-8(9)13/h1-3,5-6,12,15-16H,4H2. The van der Waals surface area contributed by atoms with Gasteiger partial charge < -0.3 is 14.9 Å². The molecule has 0 amide bonds. The predicted molar refractivity (Wildman–Crippen MR) is 66.4 cm³/mol. The molecule has 1 aliphatic rings. The smallest absolute Gasteiger partial charge is 0.170 e. The minimum absolute atomic E-state index is 0.0947. The van der Waals surface area contributed by atoms with Crippen LogP contribution < -0.4 is 4.74 Å². The summed E-state index contributed by atoms with van der Waals surface area (Å²) in [4.78, 5) is 12.0. The molecular formula is C13H10O4S. The first-order valence-electron chi connectivity index (χ1n) is 5.43. The van der Waals surface area contributed by atoms with Crippen LogP contribution in [0.3, 0.4) is 0 Å². The average molecular weight is 262 g/mol. The van der Waals surface area contributed by atoms with E-state index in [0.29, 0.717) is 11.3 Å². The Kier molecular flexibility index (Phi) is 2.48. The second kappa shape index (κ2) is 4.03. The highest BCUT2D eigenvalue weighted by Gasteiger charge is 2.29. The molecule has 92 valence electrons. The summed E-state index contributed by atoms with van der Waals surface area (Å²) in [5.74, 6) is -0.368. The van der Waals surface area contributed by atoms with E-state index in [0.717, 1.165) is 5.56 Å². The highest BCUT2D eigenvalue weighted by atomic mass is 32.1. The van der Waals surface area contributed by atoms with Crippen molar-refractivity contribution in [3.8, 4) is 17.2 Å². The zero-order valence-corrected chi connectivity index (χ0v) is 10.1. The van der Waals surface area contributed by atoms with E-state index in [1.54, 1.807) is 11.3 Å². The van der Waals surface area contributed by atoms with Crippen molar-refractivity contribution in [1.82, 2.24) is 0 Å². The van der Waals surface area contributed by atoms with Crippen molar-refractivity contribution >= 4 is 17.1 Å². The van der Waals surface area contributed by atoms with Gasteiger partial charge in [-0.1, -0.05) is 0 Å². The zero-order chi connectivity index (χ0) is 12.7. The van der Waals surface area contributed by atoms with Crippen LogP contribution in [0, 0.1) is 0 Å². The van der Waals surface area contributed by atoms with E-state index in [1.165, 1.54) is 12.1 Å². The van der Waals surface area contributed by atoms with Crippen LogP contribution in [0.1, 0.15) is 28.4 Å². The zero-order valence-electron chi connectivity index (χ0n) is 9.29. The van der Waals surface area contributed by atoms with E-state index in [1.807, 2.05) is 16.8 Å². The van der Waals surface area contributed by atoms with Gasteiger partial charge in [-0.15, -0.1) is 0 Å². The fourth-order valence-electron chi connectivity index (χ4n) is 1.99. The molecule has 0 fully saturated rings. The molecule has 0 saturated heterocycles. The second-order valence-electron chi connectivity index (χ2n) is 4.13. The number of Topliss-reactive ketones (excluding diaryl/α,β-unsaturated/α-hetero) is 1. The van der Waals surface area contributed by atoms with Gasteiger partial charge in [-0.3, -0.25) is 4.79 Å². The van der Waals surface area contributed by atoms with Gasteiger partial charge in [0.2, 0.25) is 0 Å². The van der Waals surface area contributed by atoms with Gasteiger partial charge in [0, 0.05) is 11.6 Å². The fraction of sp³-hybridized carbons (Fsp3) is 0.154. The molecule has 1 aliphatic heterocycles. The van der Waals surface area contributed by atoms with Gasteiger partial charge in [-0.05, 0) is 22.9 Å². The summed E-state index contributed by atoms with van der Waals surface area (Å²) in [6, 6.07) is 4.44. The molecule has 1 unspecified atom stereocenters. The third kappa shape index (κ3) is 1.73. The van der Waals surface area contributed by atoms with Crippen LogP contribution in [-0.4, -0.2) is 16.0 Å². The van der Waals surface area contributed by atoms with Crippen LogP contribution in [0.4, 0.5) is 0 Å². The van der Waals surface area contributed by atoms with E-state index >= 15 is 0 Å². The molecule has 0 spiro atoms. The first kappa shape index (κ1) is 11.1. The number of carbonyl (C=O) groups is 1. The first-order valence-corrected chi connectivity index (χ1v) is 6.37. The Morgan fingerprint density at radius 3 is 2.78 bits per heavy atom. The maximum Gasteiger partial charge on any atom is 0.170 e. The lowest BCUT2D eigenvalue weighted by molar-refractivity contribution is 0.0849. The molecule has 0 bridgehead atoms. The highest BCUT2D eigenvalue weighted by molar-refractivity contribution is 7.07. The number of benzene rings is 1. The van der Waals surface area contributed by atoms with Crippen LogP contribution in [0.25, 0.3) is 0 Å². The molecule has 1 atom stereocenters. The lowest BCUT2D eigenvalue weighted by Gasteiger charge is -2.25. The lowest BCUT2D eigenvalue weighted by atomic mass is 9.97. The Hall–Kier alpha value is -2.01. The van der Waals surface area contributed by atoms with Crippen molar-refractivity contribution in [2.45, 2.75) is 12.5 Å². The number of rotatable bonds is 1. The van der Waals surface area contributed by atoms with E-state index in [4.69, 9.17) is 4.74 Å². The summed E-state index contributed by atoms with van der Waals surface area (Å²) in [7, 11) is 0. The Bertz CT molecular complexity index is 604. The van der Waals surface area contributed by atoms with Crippen molar-refractivity contribution in [3.05, 3.63) is 40.1 Å². The summed E-state index contributed by atoms with van der Waals surface area (Å²) in [6.45, 7) is 0. The van der Waals surface area contributed by atoms with Gasteiger partial charge in [0.25, 0.3) is 0 Å². The molecule has 4 nitrogen and oxygen atoms in total. The quantitative estimate of drug-likeness (QED) is 0.775. The van der Waals surface area contributed by atoms with Crippen LogP contribution in [0.5, 0.6) is 17.2 Å². The number of hydrogen-bond acceptors (Lipinski definition) is 5. The Balaban J connectivity index is 2.02. The van der Waals surface area contributed by atoms with Gasteiger partial charge in [-0.25, -0.2) is 0 Å². The van der Waals surface area contributed by atoms with Crippen molar-refractivity contribution in [2.75, 3.05) is 0 Å². The van der Waals surface area contributed by atoms with Crippen LogP contribution >= 0.6 is 11.3 Å². The first-order chi connectivity index (χ1) is 8.65. The maximum absolute atomic E-state index is 12.0. The SMILES string of the molecule is O=C1CC(c2ccsc2)Oc2cc(O)c(O)cc21. The third-order valence-electron chi connectivity index (χ3n) is 2.93. The molecule has 2 N–H and O–H groups in total. The Morgan fingerprint density at radius 2 is 2.06 bits per heavy atom. The number of hydrogen-bond donors (Lipinski definition) is 2. The van der Waals surface area contributed by atoms with Gasteiger partial charge in [0.1, 0.15) is 11.9 Å². The molecule has 5 heteroatoms. The summed E-state index contributed by atoms with van der Waals surface area (Å²) >= 11 is 1.54. The summed E-state index contributed by atoms with van der Waals surface area (Å²) < 4.78 is 5.70. The number of ketones is 1. The van der Waals surface area contributed by atoms with Crippen molar-refractivity contribution in [1.29, 1.82) is 0 Å². The van der Waals surface area contributed by atoms with Gasteiger partial charge in [0.05, 0.1) is 12.0 Å². The average Bonchev–Trinajstić information content (AvgIpc) is 2.85. The van der Waals surface area contributed by atoms with Crippen LogP contribution in [0.2, 0.25) is 0 Å². The molecule has 0 saturated carbocycles. The number of ether oxygens (including phenoxy) is 1. The molecule has 1 aromatic heterocycles. The summed E-state index contributed by atoms with van der Waals surface area (Å²) in [6.07, 6.45) is -0.0753. The molecule has 0 radical (unpaired) electrons. The second-order valence-corrected chi connectivity index (χ2v) is 4.91. The maximum atomic E-state index is 12.0. The number of fused-ring (bicyclic) bond motifs is 1. The molecular weight excluding hydrogens is 252 g/mol. The van der Waals surface area contributed by atoms with E-state index in [-0.39, 0.29) is 29.8 Å². The molecule has 2 aromatic rings. The third-order valence-corrected chi connectivity index (χ3v) is 3.63. The number of phenols is 2.